The minimum absolute atomic E-state index is 0. The Bertz CT molecular complexity index is 1520. The van der Waals surface area contributed by atoms with E-state index in [2.05, 4.69) is 21.3 Å². The van der Waals surface area contributed by atoms with Crippen LogP contribution in [0.3, 0.4) is 0 Å². The largest absolute Gasteiger partial charge is 0.358 e. The van der Waals surface area contributed by atoms with E-state index in [0.717, 1.165) is 5.69 Å². The third-order valence-electron chi connectivity index (χ3n) is 7.23. The molecule has 0 saturated heterocycles. The Morgan fingerprint density at radius 1 is 0.451 bits per heavy atom. The van der Waals surface area contributed by atoms with Gasteiger partial charge in [-0.05, 0) is 74.2 Å². The lowest BCUT2D eigenvalue weighted by molar-refractivity contribution is -0.135. The van der Waals surface area contributed by atoms with Crippen molar-refractivity contribution in [3.63, 3.8) is 0 Å². The van der Waals surface area contributed by atoms with Crippen molar-refractivity contribution < 1.29 is 28.0 Å². The van der Waals surface area contributed by atoms with Crippen molar-refractivity contribution >= 4 is 35.0 Å². The molecule has 0 atom stereocenters. The summed E-state index contributed by atoms with van der Waals surface area (Å²) in [7, 11) is 3.06. The molecule has 0 aliphatic heterocycles. The van der Waals surface area contributed by atoms with Gasteiger partial charge in [-0.1, -0.05) is 108 Å². The first-order valence-corrected chi connectivity index (χ1v) is 16.8. The first kappa shape index (κ1) is 45.6. The molecule has 0 unspecified atom stereocenters. The topological polar surface area (TPSA) is 116 Å². The average Bonchev–Trinajstić information content (AvgIpc) is 4.11. The minimum atomic E-state index is -0.927. The fraction of sp³-hybridized carbons (Fsp3) is 0.317. The highest BCUT2D eigenvalue weighted by Gasteiger charge is 2.56. The highest BCUT2D eigenvalue weighted by Crippen LogP contribution is 2.47. The number of amides is 4. The zero-order chi connectivity index (χ0) is 37.4. The molecule has 0 bridgehead atoms. The third-order valence-corrected chi connectivity index (χ3v) is 7.23. The summed E-state index contributed by atoms with van der Waals surface area (Å²) in [5.41, 5.74) is -0.539. The van der Waals surface area contributed by atoms with E-state index in [1.165, 1.54) is 43.4 Å². The maximum atomic E-state index is 12.7. The van der Waals surface area contributed by atoms with E-state index in [9.17, 15) is 28.0 Å². The molecule has 8 nitrogen and oxygen atoms in total. The van der Waals surface area contributed by atoms with Crippen molar-refractivity contribution in [3.05, 3.63) is 133 Å². The van der Waals surface area contributed by atoms with E-state index in [4.69, 9.17) is 0 Å². The van der Waals surface area contributed by atoms with Gasteiger partial charge in [-0.25, -0.2) is 8.78 Å². The summed E-state index contributed by atoms with van der Waals surface area (Å²) < 4.78 is 24.6. The number of para-hydroxylation sites is 1. The molecule has 2 saturated carbocycles. The zero-order valence-corrected chi connectivity index (χ0v) is 29.8. The molecule has 0 radical (unpaired) electrons. The van der Waals surface area contributed by atoms with Gasteiger partial charge in [0.15, 0.2) is 0 Å². The highest BCUT2D eigenvalue weighted by atomic mass is 19.1. The number of hydrogen-bond acceptors (Lipinski definition) is 4. The van der Waals surface area contributed by atoms with E-state index in [-0.39, 0.29) is 42.7 Å². The fourth-order valence-corrected chi connectivity index (χ4v) is 4.20. The molecule has 276 valence electrons. The molecule has 4 aromatic rings. The van der Waals surface area contributed by atoms with E-state index >= 15 is 0 Å². The van der Waals surface area contributed by atoms with Crippen LogP contribution in [-0.2, 0) is 19.2 Å². The SMILES string of the molecule is C.CC.CC.CNC(=O)C1(C(=O)Nc2ccc(F)cc2)CC1.CNC(=O)C1(C(=O)Nc2ccccc2)CC1.Fc1ccccc1.c1ccccc1. The molecule has 2 aliphatic carbocycles. The highest BCUT2D eigenvalue weighted by molar-refractivity contribution is 6.13. The van der Waals surface area contributed by atoms with E-state index < -0.39 is 10.8 Å². The predicted molar refractivity (Wildman–Crippen MR) is 204 cm³/mol. The van der Waals surface area contributed by atoms with Gasteiger partial charge in [0, 0.05) is 25.5 Å². The molecule has 0 spiro atoms. The van der Waals surface area contributed by atoms with Crippen LogP contribution in [0.5, 0.6) is 0 Å². The van der Waals surface area contributed by atoms with Gasteiger partial charge in [0.25, 0.3) is 0 Å². The number of anilines is 2. The maximum absolute atomic E-state index is 12.7. The van der Waals surface area contributed by atoms with Crippen LogP contribution in [0.25, 0.3) is 0 Å². The Labute approximate surface area is 302 Å². The van der Waals surface area contributed by atoms with Crippen molar-refractivity contribution in [2.24, 2.45) is 10.8 Å². The van der Waals surface area contributed by atoms with Gasteiger partial charge in [-0.2, -0.15) is 0 Å². The normalized spacial score (nSPS) is 12.9. The summed E-state index contributed by atoms with van der Waals surface area (Å²) in [6.07, 6.45) is 2.37. The van der Waals surface area contributed by atoms with Gasteiger partial charge in [0.1, 0.15) is 22.5 Å². The van der Waals surface area contributed by atoms with Crippen LogP contribution in [0, 0.1) is 22.5 Å². The first-order chi connectivity index (χ1) is 24.2. The molecule has 0 aromatic heterocycles. The average molecular weight is 705 g/mol. The van der Waals surface area contributed by atoms with Gasteiger partial charge in [0.05, 0.1) is 0 Å². The number of hydrogen-bond donors (Lipinski definition) is 4. The van der Waals surface area contributed by atoms with Crippen molar-refractivity contribution in [2.45, 2.75) is 60.8 Å². The molecular formula is C41H54F2N4O4. The molecular weight excluding hydrogens is 650 g/mol. The van der Waals surface area contributed by atoms with Crippen LogP contribution in [0.2, 0.25) is 0 Å². The number of rotatable bonds is 6. The zero-order valence-electron chi connectivity index (χ0n) is 29.8. The quantitative estimate of drug-likeness (QED) is 0.150. The second-order valence-electron chi connectivity index (χ2n) is 10.6. The van der Waals surface area contributed by atoms with Crippen LogP contribution >= 0.6 is 0 Å². The van der Waals surface area contributed by atoms with Crippen LogP contribution in [-0.4, -0.2) is 37.7 Å². The summed E-state index contributed by atoms with van der Waals surface area (Å²) in [5.74, 6) is -1.54. The van der Waals surface area contributed by atoms with Gasteiger partial charge < -0.3 is 21.3 Å². The van der Waals surface area contributed by atoms with Crippen molar-refractivity contribution in [1.29, 1.82) is 0 Å². The second kappa shape index (κ2) is 24.7. The number of benzene rings is 4. The molecule has 2 aliphatic rings. The van der Waals surface area contributed by atoms with E-state index in [1.807, 2.05) is 82.3 Å². The molecule has 4 aromatic carbocycles. The summed E-state index contributed by atoms with van der Waals surface area (Å²) in [5, 5.41) is 10.4. The maximum Gasteiger partial charge on any atom is 0.240 e. The Kier molecular flexibility index (Phi) is 22.1. The monoisotopic (exact) mass is 704 g/mol. The Morgan fingerprint density at radius 2 is 0.725 bits per heavy atom. The Hall–Kier alpha value is -5.38. The predicted octanol–water partition coefficient (Wildman–Crippen LogP) is 8.64. The summed E-state index contributed by atoms with van der Waals surface area (Å²) in [6, 6.07) is 34.6. The number of carbonyl (C=O) groups excluding carboxylic acids is 4. The lowest BCUT2D eigenvalue weighted by Gasteiger charge is -2.13. The van der Waals surface area contributed by atoms with Crippen molar-refractivity contribution in [2.75, 3.05) is 24.7 Å². The molecule has 10 heteroatoms. The van der Waals surface area contributed by atoms with E-state index in [1.54, 1.807) is 37.4 Å². The molecule has 4 amide bonds. The summed E-state index contributed by atoms with van der Waals surface area (Å²) >= 11 is 0. The van der Waals surface area contributed by atoms with Crippen LogP contribution in [0.1, 0.15) is 60.8 Å². The van der Waals surface area contributed by atoms with Gasteiger partial charge in [0.2, 0.25) is 23.6 Å². The molecule has 6 rings (SSSR count). The standard InChI is InChI=1S/C12H13FN2O2.C12H14N2O2.C6H5F.C6H6.2C2H6.CH4/c1-14-10(16)12(6-7-12)11(17)15-9-4-2-8(13)3-5-9;1-13-10(15)12(7-8-12)11(16)14-9-5-3-2-4-6-9;7-6-4-2-1-3-5-6;1-2-4-6-5-3-1;2*1-2;/h2-5H,6-7H2,1H3,(H,14,16)(H,15,17);2-6H,7-8H2,1H3,(H,13,15)(H,14,16);1-5H;1-6H;2*1-2H3;1H4. The van der Waals surface area contributed by atoms with Gasteiger partial charge in [-0.15, -0.1) is 0 Å². The Balaban J connectivity index is 0.000000674. The summed E-state index contributed by atoms with van der Waals surface area (Å²) in [6.45, 7) is 8.00. The van der Waals surface area contributed by atoms with Gasteiger partial charge in [-0.3, -0.25) is 19.2 Å². The van der Waals surface area contributed by atoms with Crippen LogP contribution in [0.15, 0.2) is 121 Å². The lowest BCUT2D eigenvalue weighted by Crippen LogP contribution is -2.38. The molecule has 4 N–H and O–H groups in total. The number of halogens is 2. The van der Waals surface area contributed by atoms with E-state index in [0.29, 0.717) is 31.4 Å². The fourth-order valence-electron chi connectivity index (χ4n) is 4.20. The van der Waals surface area contributed by atoms with Crippen molar-refractivity contribution in [3.8, 4) is 0 Å². The van der Waals surface area contributed by atoms with Crippen molar-refractivity contribution in [1.82, 2.24) is 10.6 Å². The summed E-state index contributed by atoms with van der Waals surface area (Å²) in [4.78, 5) is 46.9. The first-order valence-electron chi connectivity index (χ1n) is 16.8. The third kappa shape index (κ3) is 15.4. The lowest BCUT2D eigenvalue weighted by atomic mass is 10.1. The van der Waals surface area contributed by atoms with Crippen LogP contribution < -0.4 is 21.3 Å². The smallest absolute Gasteiger partial charge is 0.240 e. The molecule has 2 fully saturated rings. The number of nitrogens with one attached hydrogen (secondary N) is 4. The minimum Gasteiger partial charge on any atom is -0.358 e. The van der Waals surface area contributed by atoms with Crippen LogP contribution in [0.4, 0.5) is 20.2 Å². The molecule has 0 heterocycles. The number of carbonyl (C=O) groups is 4. The molecule has 51 heavy (non-hydrogen) atoms. The van der Waals surface area contributed by atoms with Gasteiger partial charge >= 0.3 is 0 Å². The Morgan fingerprint density at radius 3 is 1.00 bits per heavy atom. The second-order valence-corrected chi connectivity index (χ2v) is 10.6.